The van der Waals surface area contributed by atoms with E-state index in [4.69, 9.17) is 14.2 Å². The number of hydrogen-bond donors (Lipinski definition) is 0. The fourth-order valence-electron chi connectivity index (χ4n) is 9.50. The van der Waals surface area contributed by atoms with Crippen molar-refractivity contribution in [2.45, 2.75) is 335 Å². The molecule has 6 heteroatoms. The average Bonchev–Trinajstić information content (AvgIpc) is 3.45. The van der Waals surface area contributed by atoms with Crippen LogP contribution in [0, 0.1) is 0 Å². The van der Waals surface area contributed by atoms with E-state index in [0.717, 1.165) is 128 Å². The zero-order chi connectivity index (χ0) is 57.1. The summed E-state index contributed by atoms with van der Waals surface area (Å²) in [5.41, 5.74) is 0. The van der Waals surface area contributed by atoms with Crippen LogP contribution in [-0.4, -0.2) is 37.2 Å². The van der Waals surface area contributed by atoms with Gasteiger partial charge in [-0.2, -0.15) is 0 Å². The first-order chi connectivity index (χ1) is 39.0. The van der Waals surface area contributed by atoms with Crippen molar-refractivity contribution >= 4 is 17.9 Å². The van der Waals surface area contributed by atoms with E-state index >= 15 is 0 Å². The number of unbranched alkanes of at least 4 members (excludes halogenated alkanes) is 34. The van der Waals surface area contributed by atoms with Crippen molar-refractivity contribution in [3.05, 3.63) is 97.2 Å². The zero-order valence-electron chi connectivity index (χ0n) is 52.1. The Morgan fingerprint density at radius 3 is 0.835 bits per heavy atom. The molecule has 1 atom stereocenters. The number of esters is 3. The van der Waals surface area contributed by atoms with Crippen LogP contribution in [0.2, 0.25) is 0 Å². The van der Waals surface area contributed by atoms with Gasteiger partial charge in [0.25, 0.3) is 0 Å². The molecule has 0 amide bonds. The molecule has 0 saturated heterocycles. The number of allylic oxidation sites excluding steroid dienone is 16. The summed E-state index contributed by atoms with van der Waals surface area (Å²) in [4.78, 5) is 38.4. The quantitative estimate of drug-likeness (QED) is 0.0261. The molecule has 0 heterocycles. The van der Waals surface area contributed by atoms with Gasteiger partial charge >= 0.3 is 17.9 Å². The lowest BCUT2D eigenvalue weighted by molar-refractivity contribution is -0.167. The second kappa shape index (κ2) is 66.8. The Kier molecular flexibility index (Phi) is 63.7. The minimum atomic E-state index is -0.792. The maximum absolute atomic E-state index is 12.9. The standard InChI is InChI=1S/C73H126O6/c1-4-7-10-13-16-19-22-25-27-29-31-33-35-36-38-39-41-43-45-48-51-54-57-60-63-66-72(75)78-69-70(68-77-71(74)65-62-59-56-53-50-47-24-21-18-15-12-9-6-3)79-73(76)67-64-61-58-55-52-49-46-44-42-40-37-34-32-30-28-26-23-20-17-14-11-8-5-2/h8,11-12,15,17,20-21,24,26,28-29,31-32,34,40,42,70H,4-7,9-10,13-14,16,18-19,22-23,25,27,30,33,35-39,41,43-69H2,1-3H3/b11-8-,15-12-,20-17-,24-21-,28-26-,31-29-,34-32-,42-40-. The van der Waals surface area contributed by atoms with E-state index < -0.39 is 6.10 Å². The molecule has 0 aliphatic carbocycles. The molecule has 0 saturated carbocycles. The van der Waals surface area contributed by atoms with Gasteiger partial charge < -0.3 is 14.2 Å². The van der Waals surface area contributed by atoms with Gasteiger partial charge in [-0.15, -0.1) is 0 Å². The Bertz CT molecular complexity index is 1540. The van der Waals surface area contributed by atoms with Crippen molar-refractivity contribution < 1.29 is 28.6 Å². The number of rotatable bonds is 61. The SMILES string of the molecule is CC/C=C\C/C=C\C/C=C\C/C=C\C/C=C\CCCCCCCCCC(=O)OC(COC(=O)CCCCCCC/C=C\C/C=C\CCC)COC(=O)CCCCCCCCCCCCCCC/C=C\CCCCCCCCCC. The molecule has 0 aromatic rings. The molecule has 0 fully saturated rings. The Morgan fingerprint density at radius 2 is 0.519 bits per heavy atom. The van der Waals surface area contributed by atoms with E-state index in [1.54, 1.807) is 0 Å². The molecule has 0 aliphatic heterocycles. The minimum Gasteiger partial charge on any atom is -0.462 e. The van der Waals surface area contributed by atoms with Gasteiger partial charge in [0.05, 0.1) is 0 Å². The summed E-state index contributed by atoms with van der Waals surface area (Å²) in [5.74, 6) is -0.900. The first-order valence-electron chi connectivity index (χ1n) is 33.7. The smallest absolute Gasteiger partial charge is 0.306 e. The second-order valence-electron chi connectivity index (χ2n) is 22.3. The van der Waals surface area contributed by atoms with Crippen molar-refractivity contribution in [1.29, 1.82) is 0 Å². The van der Waals surface area contributed by atoms with E-state index in [2.05, 4.69) is 118 Å². The Labute approximate surface area is 489 Å². The highest BCUT2D eigenvalue weighted by molar-refractivity contribution is 5.71. The van der Waals surface area contributed by atoms with Gasteiger partial charge in [-0.3, -0.25) is 14.4 Å². The summed E-state index contributed by atoms with van der Waals surface area (Å²) in [7, 11) is 0. The molecular weight excluding hydrogens is 973 g/mol. The van der Waals surface area contributed by atoms with Crippen molar-refractivity contribution in [2.24, 2.45) is 0 Å². The Morgan fingerprint density at radius 1 is 0.266 bits per heavy atom. The van der Waals surface area contributed by atoms with Crippen LogP contribution in [0.1, 0.15) is 329 Å². The van der Waals surface area contributed by atoms with E-state index in [0.29, 0.717) is 19.3 Å². The molecule has 1 unspecified atom stereocenters. The van der Waals surface area contributed by atoms with Gasteiger partial charge in [-0.25, -0.2) is 0 Å². The molecule has 0 bridgehead atoms. The van der Waals surface area contributed by atoms with Crippen LogP contribution in [0.3, 0.4) is 0 Å². The Hall–Kier alpha value is -3.67. The highest BCUT2D eigenvalue weighted by Gasteiger charge is 2.19. The predicted octanol–water partition coefficient (Wildman–Crippen LogP) is 23.2. The highest BCUT2D eigenvalue weighted by atomic mass is 16.6. The summed E-state index contributed by atoms with van der Waals surface area (Å²) in [6, 6.07) is 0. The fraction of sp³-hybridized carbons (Fsp3) is 0.740. The molecule has 0 spiro atoms. The molecule has 0 N–H and O–H groups in total. The number of carbonyl (C=O) groups is 3. The third kappa shape index (κ3) is 65.0. The third-order valence-corrected chi connectivity index (χ3v) is 14.5. The summed E-state index contributed by atoms with van der Waals surface area (Å²) in [6.45, 7) is 6.47. The maximum Gasteiger partial charge on any atom is 0.306 e. The topological polar surface area (TPSA) is 78.9 Å². The Balaban J connectivity index is 4.32. The van der Waals surface area contributed by atoms with Crippen molar-refractivity contribution in [3.63, 3.8) is 0 Å². The van der Waals surface area contributed by atoms with Crippen LogP contribution in [0.15, 0.2) is 97.2 Å². The number of ether oxygens (including phenoxy) is 3. The minimum absolute atomic E-state index is 0.0856. The van der Waals surface area contributed by atoms with E-state index in [1.807, 2.05) is 0 Å². The van der Waals surface area contributed by atoms with Crippen molar-refractivity contribution in [1.82, 2.24) is 0 Å². The first-order valence-corrected chi connectivity index (χ1v) is 33.7. The highest BCUT2D eigenvalue weighted by Crippen LogP contribution is 2.17. The molecule has 454 valence electrons. The average molecular weight is 1100 g/mol. The van der Waals surface area contributed by atoms with Crippen LogP contribution in [0.4, 0.5) is 0 Å². The van der Waals surface area contributed by atoms with Crippen LogP contribution in [-0.2, 0) is 28.6 Å². The van der Waals surface area contributed by atoms with Crippen LogP contribution in [0.25, 0.3) is 0 Å². The van der Waals surface area contributed by atoms with Gasteiger partial charge in [0, 0.05) is 19.3 Å². The van der Waals surface area contributed by atoms with Crippen LogP contribution >= 0.6 is 0 Å². The largest absolute Gasteiger partial charge is 0.462 e. The van der Waals surface area contributed by atoms with Gasteiger partial charge in [0.1, 0.15) is 13.2 Å². The molecule has 0 aliphatic rings. The monoisotopic (exact) mass is 1100 g/mol. The molecule has 79 heavy (non-hydrogen) atoms. The normalized spacial score (nSPS) is 12.7. The molecule has 0 radical (unpaired) electrons. The lowest BCUT2D eigenvalue weighted by Crippen LogP contribution is -2.30. The molecule has 0 aromatic heterocycles. The van der Waals surface area contributed by atoms with E-state index in [9.17, 15) is 14.4 Å². The fourth-order valence-corrected chi connectivity index (χ4v) is 9.50. The van der Waals surface area contributed by atoms with E-state index in [-0.39, 0.29) is 31.1 Å². The summed E-state index contributed by atoms with van der Waals surface area (Å²) in [6.07, 6.45) is 90.0. The molecular formula is C73H126O6. The van der Waals surface area contributed by atoms with Crippen LogP contribution < -0.4 is 0 Å². The third-order valence-electron chi connectivity index (χ3n) is 14.5. The maximum atomic E-state index is 12.9. The van der Waals surface area contributed by atoms with Crippen molar-refractivity contribution in [2.75, 3.05) is 13.2 Å². The first kappa shape index (κ1) is 75.3. The van der Waals surface area contributed by atoms with Gasteiger partial charge in [-0.1, -0.05) is 291 Å². The molecule has 0 rings (SSSR count). The van der Waals surface area contributed by atoms with Gasteiger partial charge in [0.2, 0.25) is 0 Å². The zero-order valence-corrected chi connectivity index (χ0v) is 52.1. The molecule has 6 nitrogen and oxygen atoms in total. The van der Waals surface area contributed by atoms with Crippen molar-refractivity contribution in [3.8, 4) is 0 Å². The van der Waals surface area contributed by atoms with Gasteiger partial charge in [-0.05, 0) is 116 Å². The second-order valence-corrected chi connectivity index (χ2v) is 22.3. The summed E-state index contributed by atoms with van der Waals surface area (Å²) in [5, 5.41) is 0. The number of carbonyl (C=O) groups excluding carboxylic acids is 3. The lowest BCUT2D eigenvalue weighted by atomic mass is 10.0. The molecule has 0 aromatic carbocycles. The van der Waals surface area contributed by atoms with Crippen LogP contribution in [0.5, 0.6) is 0 Å². The number of hydrogen-bond acceptors (Lipinski definition) is 6. The summed E-state index contributed by atoms with van der Waals surface area (Å²) >= 11 is 0. The lowest BCUT2D eigenvalue weighted by Gasteiger charge is -2.18. The summed E-state index contributed by atoms with van der Waals surface area (Å²) < 4.78 is 16.9. The van der Waals surface area contributed by atoms with E-state index in [1.165, 1.54) is 161 Å². The van der Waals surface area contributed by atoms with Gasteiger partial charge in [0.15, 0.2) is 6.10 Å². The predicted molar refractivity (Wildman–Crippen MR) is 344 cm³/mol.